The van der Waals surface area contributed by atoms with Crippen LogP contribution >= 0.6 is 0 Å². The molecule has 0 aliphatic carbocycles. The number of aliphatic carboxylic acids is 1. The second kappa shape index (κ2) is 4.15. The van der Waals surface area contributed by atoms with Gasteiger partial charge >= 0.3 is 5.97 Å². The van der Waals surface area contributed by atoms with Crippen LogP contribution in [-0.4, -0.2) is 21.8 Å². The summed E-state index contributed by atoms with van der Waals surface area (Å²) in [5.41, 5.74) is 0.375. The van der Waals surface area contributed by atoms with Gasteiger partial charge in [0.2, 0.25) is 0 Å². The molecule has 0 radical (unpaired) electrons. The van der Waals surface area contributed by atoms with Crippen LogP contribution < -0.4 is 0 Å². The number of carbonyl (C=O) groups excluding carboxylic acids is 1. The summed E-state index contributed by atoms with van der Waals surface area (Å²) in [4.78, 5) is 25.0. The summed E-state index contributed by atoms with van der Waals surface area (Å²) in [5, 5.41) is 8.25. The molecule has 66 valence electrons. The zero-order chi connectivity index (χ0) is 9.68. The molecule has 1 aromatic heterocycles. The van der Waals surface area contributed by atoms with Gasteiger partial charge in [0, 0.05) is 24.0 Å². The fourth-order valence-corrected chi connectivity index (χ4v) is 0.752. The molecule has 0 aliphatic rings. The van der Waals surface area contributed by atoms with E-state index in [9.17, 15) is 9.59 Å². The number of ketones is 1. The molecule has 0 spiro atoms. The van der Waals surface area contributed by atoms with Crippen LogP contribution in [0.2, 0.25) is 0 Å². The standard InChI is InChI=1S/C9H7NO3/c11-8(3-4-9(12)13)7-2-1-5-10-6-7/h1-6H,(H,12,13)/b4-3+. The van der Waals surface area contributed by atoms with E-state index in [1.807, 2.05) is 0 Å². The van der Waals surface area contributed by atoms with Crippen LogP contribution in [-0.2, 0) is 4.79 Å². The Morgan fingerprint density at radius 1 is 1.38 bits per heavy atom. The molecule has 0 atom stereocenters. The number of pyridine rings is 1. The van der Waals surface area contributed by atoms with E-state index in [0.717, 1.165) is 12.2 Å². The molecule has 1 N–H and O–H groups in total. The third kappa shape index (κ3) is 2.86. The molecule has 0 saturated heterocycles. The van der Waals surface area contributed by atoms with E-state index in [0.29, 0.717) is 5.56 Å². The quantitative estimate of drug-likeness (QED) is 0.550. The highest BCUT2D eigenvalue weighted by Gasteiger charge is 2.00. The van der Waals surface area contributed by atoms with Gasteiger partial charge in [-0.3, -0.25) is 9.78 Å². The average Bonchev–Trinajstić information content (AvgIpc) is 2.15. The van der Waals surface area contributed by atoms with Crippen molar-refractivity contribution in [3.05, 3.63) is 42.2 Å². The SMILES string of the molecule is O=C(O)/C=C/C(=O)c1cccnc1. The van der Waals surface area contributed by atoms with Crippen molar-refractivity contribution in [3.63, 3.8) is 0 Å². The van der Waals surface area contributed by atoms with E-state index in [1.54, 1.807) is 12.1 Å². The van der Waals surface area contributed by atoms with Gasteiger partial charge in [0.25, 0.3) is 0 Å². The first-order valence-corrected chi connectivity index (χ1v) is 3.55. The van der Waals surface area contributed by atoms with Crippen molar-refractivity contribution in [2.75, 3.05) is 0 Å². The lowest BCUT2D eigenvalue weighted by atomic mass is 10.2. The molecule has 0 amide bonds. The van der Waals surface area contributed by atoms with Crippen molar-refractivity contribution in [1.82, 2.24) is 4.98 Å². The minimum absolute atomic E-state index is 0.365. The molecular formula is C9H7NO3. The molecule has 0 aliphatic heterocycles. The maximum Gasteiger partial charge on any atom is 0.328 e. The number of carboxylic acids is 1. The minimum Gasteiger partial charge on any atom is -0.478 e. The normalized spacial score (nSPS) is 10.2. The Balaban J connectivity index is 2.76. The highest BCUT2D eigenvalue weighted by Crippen LogP contribution is 1.97. The zero-order valence-corrected chi connectivity index (χ0v) is 6.68. The van der Waals surface area contributed by atoms with Crippen LogP contribution in [0.25, 0.3) is 0 Å². The number of aromatic nitrogens is 1. The van der Waals surface area contributed by atoms with Gasteiger partial charge in [-0.25, -0.2) is 4.79 Å². The number of nitrogens with zero attached hydrogens (tertiary/aromatic N) is 1. The van der Waals surface area contributed by atoms with Gasteiger partial charge in [0.15, 0.2) is 5.78 Å². The second-order valence-corrected chi connectivity index (χ2v) is 2.28. The maximum atomic E-state index is 11.2. The Morgan fingerprint density at radius 2 is 2.15 bits per heavy atom. The lowest BCUT2D eigenvalue weighted by Crippen LogP contribution is -1.96. The fourth-order valence-electron chi connectivity index (χ4n) is 0.752. The molecule has 0 unspecified atom stereocenters. The fraction of sp³-hybridized carbons (Fsp3) is 0. The Hall–Kier alpha value is -1.97. The number of carboxylic acid groups (broad SMARTS) is 1. The van der Waals surface area contributed by atoms with Crippen LogP contribution in [0.3, 0.4) is 0 Å². The average molecular weight is 177 g/mol. The van der Waals surface area contributed by atoms with Crippen LogP contribution in [0, 0.1) is 0 Å². The topological polar surface area (TPSA) is 67.3 Å². The first kappa shape index (κ1) is 9.12. The number of hydrogen-bond donors (Lipinski definition) is 1. The lowest BCUT2D eigenvalue weighted by Gasteiger charge is -1.91. The van der Waals surface area contributed by atoms with Gasteiger partial charge in [0.1, 0.15) is 0 Å². The molecule has 0 aromatic carbocycles. The Labute approximate surface area is 74.5 Å². The molecule has 4 heteroatoms. The van der Waals surface area contributed by atoms with Gasteiger partial charge in [0.05, 0.1) is 0 Å². The first-order valence-electron chi connectivity index (χ1n) is 3.55. The summed E-state index contributed by atoms with van der Waals surface area (Å²) < 4.78 is 0. The number of allylic oxidation sites excluding steroid dienone is 1. The summed E-state index contributed by atoms with van der Waals surface area (Å²) in [6.45, 7) is 0. The van der Waals surface area contributed by atoms with Gasteiger partial charge < -0.3 is 5.11 Å². The largest absolute Gasteiger partial charge is 0.478 e. The number of hydrogen-bond acceptors (Lipinski definition) is 3. The third-order valence-electron chi connectivity index (χ3n) is 1.32. The number of rotatable bonds is 3. The van der Waals surface area contributed by atoms with E-state index in [-0.39, 0.29) is 5.78 Å². The second-order valence-electron chi connectivity index (χ2n) is 2.28. The van der Waals surface area contributed by atoms with Crippen LogP contribution in [0.5, 0.6) is 0 Å². The smallest absolute Gasteiger partial charge is 0.328 e. The summed E-state index contributed by atoms with van der Waals surface area (Å²) in [5.74, 6) is -1.51. The van der Waals surface area contributed by atoms with Crippen molar-refractivity contribution in [1.29, 1.82) is 0 Å². The predicted molar refractivity (Wildman–Crippen MR) is 45.3 cm³/mol. The molecule has 0 saturated carbocycles. The van der Waals surface area contributed by atoms with E-state index in [2.05, 4.69) is 4.98 Å². The van der Waals surface area contributed by atoms with Crippen molar-refractivity contribution in [3.8, 4) is 0 Å². The van der Waals surface area contributed by atoms with E-state index < -0.39 is 5.97 Å². The van der Waals surface area contributed by atoms with Crippen molar-refractivity contribution >= 4 is 11.8 Å². The molecule has 1 rings (SSSR count). The summed E-state index contributed by atoms with van der Waals surface area (Å²) in [6, 6.07) is 3.18. The van der Waals surface area contributed by atoms with Crippen LogP contribution in [0.1, 0.15) is 10.4 Å². The Kier molecular flexibility index (Phi) is 2.92. The van der Waals surface area contributed by atoms with E-state index in [4.69, 9.17) is 5.11 Å². The molecule has 1 heterocycles. The molecule has 0 bridgehead atoms. The molecule has 4 nitrogen and oxygen atoms in total. The van der Waals surface area contributed by atoms with Crippen LogP contribution in [0.4, 0.5) is 0 Å². The molecule has 1 aromatic rings. The summed E-state index contributed by atoms with van der Waals surface area (Å²) >= 11 is 0. The molecular weight excluding hydrogens is 170 g/mol. The van der Waals surface area contributed by atoms with Gasteiger partial charge in [-0.15, -0.1) is 0 Å². The molecule has 13 heavy (non-hydrogen) atoms. The first-order chi connectivity index (χ1) is 6.20. The lowest BCUT2D eigenvalue weighted by molar-refractivity contribution is -0.131. The Bertz CT molecular complexity index is 343. The van der Waals surface area contributed by atoms with Crippen LogP contribution in [0.15, 0.2) is 36.7 Å². The van der Waals surface area contributed by atoms with Gasteiger partial charge in [-0.2, -0.15) is 0 Å². The van der Waals surface area contributed by atoms with Gasteiger partial charge in [-0.1, -0.05) is 0 Å². The summed E-state index contributed by atoms with van der Waals surface area (Å²) in [6.07, 6.45) is 4.72. The van der Waals surface area contributed by atoms with E-state index in [1.165, 1.54) is 12.4 Å². The van der Waals surface area contributed by atoms with Crippen molar-refractivity contribution in [2.45, 2.75) is 0 Å². The monoisotopic (exact) mass is 177 g/mol. The highest BCUT2D eigenvalue weighted by molar-refractivity contribution is 6.06. The maximum absolute atomic E-state index is 11.2. The summed E-state index contributed by atoms with van der Waals surface area (Å²) in [7, 11) is 0. The minimum atomic E-state index is -1.14. The van der Waals surface area contributed by atoms with Crippen molar-refractivity contribution < 1.29 is 14.7 Å². The zero-order valence-electron chi connectivity index (χ0n) is 6.68. The van der Waals surface area contributed by atoms with E-state index >= 15 is 0 Å². The predicted octanol–water partition coefficient (Wildman–Crippen LogP) is 0.905. The van der Waals surface area contributed by atoms with Crippen molar-refractivity contribution in [2.24, 2.45) is 0 Å². The highest BCUT2D eigenvalue weighted by atomic mass is 16.4. The van der Waals surface area contributed by atoms with Gasteiger partial charge in [-0.05, 0) is 18.2 Å². The molecule has 0 fully saturated rings. The third-order valence-corrected chi connectivity index (χ3v) is 1.32. The number of carbonyl (C=O) groups is 2. The Morgan fingerprint density at radius 3 is 2.69 bits per heavy atom.